The molecule has 21 heavy (non-hydrogen) atoms. The van der Waals surface area contributed by atoms with Crippen molar-refractivity contribution in [2.75, 3.05) is 0 Å². The summed E-state index contributed by atoms with van der Waals surface area (Å²) in [6.45, 7) is 4.10. The van der Waals surface area contributed by atoms with Crippen molar-refractivity contribution in [1.29, 1.82) is 0 Å². The highest BCUT2D eigenvalue weighted by atomic mass is 79.9. The predicted molar refractivity (Wildman–Crippen MR) is 83.7 cm³/mol. The van der Waals surface area contributed by atoms with E-state index >= 15 is 0 Å². The molecule has 0 atom stereocenters. The Morgan fingerprint density at radius 3 is 2.76 bits per heavy atom. The van der Waals surface area contributed by atoms with Crippen LogP contribution in [0.2, 0.25) is 0 Å². The fourth-order valence-electron chi connectivity index (χ4n) is 2.30. The molecule has 1 aromatic heterocycles. The molecule has 2 aromatic rings. The first-order chi connectivity index (χ1) is 9.97. The van der Waals surface area contributed by atoms with Gasteiger partial charge in [-0.1, -0.05) is 11.3 Å². The van der Waals surface area contributed by atoms with Crippen LogP contribution < -0.4 is 0 Å². The number of unbranched alkanes of at least 4 members (excludes halogenated alkanes) is 1. The minimum Gasteiger partial charge on any atom is -0.481 e. The van der Waals surface area contributed by atoms with E-state index in [0.29, 0.717) is 6.42 Å². The molecule has 0 aliphatic heterocycles. The van der Waals surface area contributed by atoms with Gasteiger partial charge >= 0.3 is 5.97 Å². The number of benzene rings is 1. The third kappa shape index (κ3) is 4.14. The average Bonchev–Trinajstić information content (AvgIpc) is 2.81. The highest BCUT2D eigenvalue weighted by Gasteiger charge is 2.10. The first kappa shape index (κ1) is 15.7. The molecule has 1 aromatic carbocycles. The summed E-state index contributed by atoms with van der Waals surface area (Å²) in [5.74, 6) is -0.752. The van der Waals surface area contributed by atoms with Crippen LogP contribution in [0.25, 0.3) is 5.69 Å². The van der Waals surface area contributed by atoms with Crippen molar-refractivity contribution in [3.8, 4) is 5.69 Å². The summed E-state index contributed by atoms with van der Waals surface area (Å²) < 4.78 is 2.76. The minimum atomic E-state index is -0.752. The Hall–Kier alpha value is -1.69. The third-order valence-electron chi connectivity index (χ3n) is 3.24. The zero-order valence-electron chi connectivity index (χ0n) is 12.1. The van der Waals surface area contributed by atoms with Gasteiger partial charge in [-0.05, 0) is 66.2 Å². The summed E-state index contributed by atoms with van der Waals surface area (Å²) in [6, 6.07) is 4.16. The molecule has 0 saturated heterocycles. The number of carboxylic acid groups (broad SMARTS) is 1. The van der Waals surface area contributed by atoms with Crippen LogP contribution in [0.4, 0.5) is 0 Å². The molecular formula is C15H18BrN3O2. The van der Waals surface area contributed by atoms with E-state index in [1.165, 1.54) is 5.56 Å². The lowest BCUT2D eigenvalue weighted by atomic mass is 10.1. The SMILES string of the molecule is Cc1cc(C)c(-n2cc(CCCCC(=O)O)nn2)c(Br)c1. The molecule has 0 spiro atoms. The fraction of sp³-hybridized carbons (Fsp3) is 0.400. The lowest BCUT2D eigenvalue weighted by Gasteiger charge is -2.08. The molecule has 0 fully saturated rings. The number of carboxylic acids is 1. The van der Waals surface area contributed by atoms with Crippen LogP contribution >= 0.6 is 15.9 Å². The van der Waals surface area contributed by atoms with E-state index < -0.39 is 5.97 Å². The van der Waals surface area contributed by atoms with Gasteiger partial charge in [0.05, 0.1) is 17.6 Å². The van der Waals surface area contributed by atoms with Gasteiger partial charge in [0.1, 0.15) is 0 Å². The number of aliphatic carboxylic acids is 1. The van der Waals surface area contributed by atoms with Gasteiger partial charge in [0.2, 0.25) is 0 Å². The van der Waals surface area contributed by atoms with E-state index in [0.717, 1.165) is 34.3 Å². The van der Waals surface area contributed by atoms with Gasteiger partial charge in [0.15, 0.2) is 0 Å². The first-order valence-electron chi connectivity index (χ1n) is 6.87. The third-order valence-corrected chi connectivity index (χ3v) is 3.85. The molecule has 5 nitrogen and oxygen atoms in total. The van der Waals surface area contributed by atoms with Gasteiger partial charge < -0.3 is 5.11 Å². The van der Waals surface area contributed by atoms with Crippen LogP contribution in [0.5, 0.6) is 0 Å². The van der Waals surface area contributed by atoms with Crippen molar-refractivity contribution in [2.45, 2.75) is 39.5 Å². The molecule has 1 N–H and O–H groups in total. The van der Waals surface area contributed by atoms with Crippen LogP contribution in [0.3, 0.4) is 0 Å². The lowest BCUT2D eigenvalue weighted by molar-refractivity contribution is -0.137. The zero-order chi connectivity index (χ0) is 15.4. The Morgan fingerprint density at radius 2 is 2.10 bits per heavy atom. The van der Waals surface area contributed by atoms with Crippen LogP contribution in [-0.2, 0) is 11.2 Å². The van der Waals surface area contributed by atoms with E-state index in [2.05, 4.69) is 45.3 Å². The second-order valence-corrected chi connectivity index (χ2v) is 6.02. The number of nitrogens with zero attached hydrogens (tertiary/aromatic N) is 3. The molecule has 0 radical (unpaired) electrons. The topological polar surface area (TPSA) is 68.0 Å². The normalized spacial score (nSPS) is 10.8. The molecule has 112 valence electrons. The van der Waals surface area contributed by atoms with Crippen molar-refractivity contribution >= 4 is 21.9 Å². The number of halogens is 1. The molecule has 0 amide bonds. The van der Waals surface area contributed by atoms with Crippen molar-refractivity contribution in [3.05, 3.63) is 39.6 Å². The monoisotopic (exact) mass is 351 g/mol. The van der Waals surface area contributed by atoms with Gasteiger partial charge in [0, 0.05) is 10.9 Å². The highest BCUT2D eigenvalue weighted by Crippen LogP contribution is 2.25. The van der Waals surface area contributed by atoms with Crippen molar-refractivity contribution in [3.63, 3.8) is 0 Å². The second kappa shape index (κ2) is 6.85. The van der Waals surface area contributed by atoms with E-state index in [-0.39, 0.29) is 6.42 Å². The maximum absolute atomic E-state index is 10.5. The molecule has 0 unspecified atom stereocenters. The largest absolute Gasteiger partial charge is 0.481 e. The van der Waals surface area contributed by atoms with Crippen molar-refractivity contribution < 1.29 is 9.90 Å². The second-order valence-electron chi connectivity index (χ2n) is 5.17. The smallest absolute Gasteiger partial charge is 0.303 e. The van der Waals surface area contributed by atoms with Crippen molar-refractivity contribution in [1.82, 2.24) is 15.0 Å². The Labute approximate surface area is 132 Å². The summed E-state index contributed by atoms with van der Waals surface area (Å²) in [5, 5.41) is 16.9. The van der Waals surface area contributed by atoms with Crippen LogP contribution in [-0.4, -0.2) is 26.1 Å². The fourth-order valence-corrected chi connectivity index (χ4v) is 3.16. The number of hydrogen-bond acceptors (Lipinski definition) is 3. The van der Waals surface area contributed by atoms with Crippen LogP contribution in [0, 0.1) is 13.8 Å². The van der Waals surface area contributed by atoms with Gasteiger partial charge in [-0.2, -0.15) is 0 Å². The molecule has 0 aliphatic rings. The standard InChI is InChI=1S/C15H18BrN3O2/c1-10-7-11(2)15(13(16)8-10)19-9-12(17-18-19)5-3-4-6-14(20)21/h7-9H,3-6H2,1-2H3,(H,20,21). The number of hydrogen-bond donors (Lipinski definition) is 1. The van der Waals surface area contributed by atoms with Gasteiger partial charge in [-0.15, -0.1) is 5.10 Å². The van der Waals surface area contributed by atoms with E-state index in [1.807, 2.05) is 13.1 Å². The van der Waals surface area contributed by atoms with Gasteiger partial charge in [-0.3, -0.25) is 4.79 Å². The molecule has 1 heterocycles. The summed E-state index contributed by atoms with van der Waals surface area (Å²) in [5.41, 5.74) is 4.19. The Morgan fingerprint density at radius 1 is 1.33 bits per heavy atom. The summed E-state index contributed by atoms with van der Waals surface area (Å²) in [4.78, 5) is 10.5. The van der Waals surface area contributed by atoms with Crippen LogP contribution in [0.1, 0.15) is 36.1 Å². The molecule has 0 saturated carbocycles. The molecule has 0 bridgehead atoms. The molecule has 0 aliphatic carbocycles. The molecule has 6 heteroatoms. The Balaban J connectivity index is 2.08. The molecular weight excluding hydrogens is 334 g/mol. The quantitative estimate of drug-likeness (QED) is 0.809. The van der Waals surface area contributed by atoms with Gasteiger partial charge in [-0.25, -0.2) is 4.68 Å². The average molecular weight is 352 g/mol. The van der Waals surface area contributed by atoms with E-state index in [1.54, 1.807) is 4.68 Å². The summed E-state index contributed by atoms with van der Waals surface area (Å²) >= 11 is 3.57. The van der Waals surface area contributed by atoms with E-state index in [4.69, 9.17) is 5.11 Å². The Bertz CT molecular complexity index is 629. The zero-order valence-corrected chi connectivity index (χ0v) is 13.7. The minimum absolute atomic E-state index is 0.205. The first-order valence-corrected chi connectivity index (χ1v) is 7.67. The number of carbonyl (C=O) groups is 1. The molecule has 2 rings (SSSR count). The number of aromatic nitrogens is 3. The summed E-state index contributed by atoms with van der Waals surface area (Å²) in [7, 11) is 0. The van der Waals surface area contributed by atoms with Crippen LogP contribution in [0.15, 0.2) is 22.8 Å². The van der Waals surface area contributed by atoms with E-state index in [9.17, 15) is 4.79 Å². The highest BCUT2D eigenvalue weighted by molar-refractivity contribution is 9.10. The van der Waals surface area contributed by atoms with Crippen molar-refractivity contribution in [2.24, 2.45) is 0 Å². The lowest BCUT2D eigenvalue weighted by Crippen LogP contribution is -2.00. The maximum atomic E-state index is 10.5. The number of rotatable bonds is 6. The number of aryl methyl sites for hydroxylation is 3. The predicted octanol–water partition coefficient (Wildman–Crippen LogP) is 3.44. The van der Waals surface area contributed by atoms with Gasteiger partial charge in [0.25, 0.3) is 0 Å². The summed E-state index contributed by atoms with van der Waals surface area (Å²) in [6.07, 6.45) is 4.32. The maximum Gasteiger partial charge on any atom is 0.303 e. The Kier molecular flexibility index (Phi) is 5.12.